The smallest absolute Gasteiger partial charge is 0.268 e. The van der Waals surface area contributed by atoms with Gasteiger partial charge in [0, 0.05) is 13.7 Å². The molecule has 0 aliphatic carbocycles. The van der Waals surface area contributed by atoms with Crippen molar-refractivity contribution in [3.8, 4) is 0 Å². The van der Waals surface area contributed by atoms with Crippen molar-refractivity contribution in [1.82, 2.24) is 4.90 Å². The first kappa shape index (κ1) is 16.1. The van der Waals surface area contributed by atoms with Gasteiger partial charge in [-0.15, -0.1) is 11.3 Å². The highest BCUT2D eigenvalue weighted by atomic mass is 32.1. The van der Waals surface area contributed by atoms with Crippen molar-refractivity contribution in [1.29, 1.82) is 0 Å². The van der Waals surface area contributed by atoms with Crippen LogP contribution in [0, 0.1) is 0 Å². The third kappa shape index (κ3) is 4.13. The summed E-state index contributed by atoms with van der Waals surface area (Å²) in [5.41, 5.74) is 1.19. The number of carbonyl (C=O) groups excluding carboxylic acids is 2. The molecule has 0 spiro atoms. The zero-order chi connectivity index (χ0) is 15.8. The normalized spacial score (nSPS) is 11.2. The van der Waals surface area contributed by atoms with E-state index in [0.29, 0.717) is 30.0 Å². The zero-order valence-corrected chi connectivity index (χ0v) is 13.1. The van der Waals surface area contributed by atoms with E-state index >= 15 is 0 Å². The van der Waals surface area contributed by atoms with Gasteiger partial charge in [0.05, 0.1) is 17.2 Å². The van der Waals surface area contributed by atoms with Crippen LogP contribution in [-0.2, 0) is 9.53 Å². The van der Waals surface area contributed by atoms with Gasteiger partial charge in [-0.05, 0) is 23.1 Å². The van der Waals surface area contributed by atoms with Crippen LogP contribution >= 0.6 is 11.3 Å². The van der Waals surface area contributed by atoms with E-state index in [1.54, 1.807) is 19.3 Å². The Hall–Kier alpha value is -2.24. The first-order chi connectivity index (χ1) is 10.8. The molecule has 22 heavy (non-hydrogen) atoms. The topological polar surface area (TPSA) is 46.6 Å². The van der Waals surface area contributed by atoms with E-state index in [9.17, 15) is 9.59 Å². The lowest BCUT2D eigenvalue weighted by Crippen LogP contribution is -2.33. The Morgan fingerprint density at radius 2 is 2.00 bits per heavy atom. The summed E-state index contributed by atoms with van der Waals surface area (Å²) < 4.78 is 5.05. The molecule has 0 saturated carbocycles. The fourth-order valence-corrected chi connectivity index (χ4v) is 2.63. The predicted molar refractivity (Wildman–Crippen MR) is 87.7 cm³/mol. The molecule has 1 heterocycles. The van der Waals surface area contributed by atoms with Crippen LogP contribution in [0.1, 0.15) is 15.2 Å². The summed E-state index contributed by atoms with van der Waals surface area (Å²) in [5, 5.41) is 1.84. The van der Waals surface area contributed by atoms with Gasteiger partial charge in [-0.25, -0.2) is 0 Å². The average molecular weight is 315 g/mol. The summed E-state index contributed by atoms with van der Waals surface area (Å²) in [6.07, 6.45) is 2.41. The minimum atomic E-state index is -0.193. The van der Waals surface area contributed by atoms with Crippen molar-refractivity contribution < 1.29 is 14.3 Å². The molecule has 2 aromatic rings. The number of thiophene rings is 1. The number of hydrogen-bond donors (Lipinski definition) is 0. The SMILES string of the molecule is COCCN(C(=O)c1cccs1)C(C=O)=Cc1ccccc1. The van der Waals surface area contributed by atoms with E-state index in [1.807, 2.05) is 41.8 Å². The summed E-state index contributed by atoms with van der Waals surface area (Å²) in [5.74, 6) is -0.193. The van der Waals surface area contributed by atoms with Crippen molar-refractivity contribution in [3.63, 3.8) is 0 Å². The number of rotatable bonds is 7. The first-order valence-corrected chi connectivity index (χ1v) is 7.70. The highest BCUT2D eigenvalue weighted by Gasteiger charge is 2.20. The Morgan fingerprint density at radius 3 is 2.59 bits per heavy atom. The monoisotopic (exact) mass is 315 g/mol. The second-order valence-corrected chi connectivity index (χ2v) is 5.47. The molecular formula is C17H17NO3S. The predicted octanol–water partition coefficient (Wildman–Crippen LogP) is 3.08. The highest BCUT2D eigenvalue weighted by molar-refractivity contribution is 7.12. The molecule has 2 rings (SSSR count). The molecular weight excluding hydrogens is 298 g/mol. The molecule has 0 aliphatic rings. The van der Waals surface area contributed by atoms with Crippen molar-refractivity contribution in [2.75, 3.05) is 20.3 Å². The van der Waals surface area contributed by atoms with Crippen molar-refractivity contribution in [3.05, 3.63) is 64.0 Å². The number of nitrogens with zero attached hydrogens (tertiary/aromatic N) is 1. The molecule has 5 heteroatoms. The minimum absolute atomic E-state index is 0.193. The van der Waals surface area contributed by atoms with Gasteiger partial charge in [-0.1, -0.05) is 36.4 Å². The number of methoxy groups -OCH3 is 1. The molecule has 1 aromatic carbocycles. The summed E-state index contributed by atoms with van der Waals surface area (Å²) in [6, 6.07) is 13.0. The lowest BCUT2D eigenvalue weighted by molar-refractivity contribution is -0.106. The Balaban J connectivity index is 2.31. The second kappa shape index (κ2) is 8.26. The third-order valence-corrected chi connectivity index (χ3v) is 3.90. The quantitative estimate of drug-likeness (QED) is 0.583. The molecule has 4 nitrogen and oxygen atoms in total. The Labute approximate surface area is 133 Å². The number of allylic oxidation sites excluding steroid dienone is 1. The third-order valence-electron chi connectivity index (χ3n) is 3.04. The van der Waals surface area contributed by atoms with Gasteiger partial charge < -0.3 is 9.64 Å². The van der Waals surface area contributed by atoms with E-state index < -0.39 is 0 Å². The van der Waals surface area contributed by atoms with Crippen LogP contribution in [-0.4, -0.2) is 37.4 Å². The number of ether oxygens (including phenoxy) is 1. The van der Waals surface area contributed by atoms with Gasteiger partial charge in [0.2, 0.25) is 0 Å². The molecule has 0 atom stereocenters. The maximum Gasteiger partial charge on any atom is 0.268 e. The summed E-state index contributed by atoms with van der Waals surface area (Å²) >= 11 is 1.35. The lowest BCUT2D eigenvalue weighted by atomic mass is 10.2. The van der Waals surface area contributed by atoms with E-state index in [4.69, 9.17) is 4.74 Å². The van der Waals surface area contributed by atoms with Gasteiger partial charge in [0.25, 0.3) is 5.91 Å². The molecule has 0 bridgehead atoms. The van der Waals surface area contributed by atoms with Crippen LogP contribution in [0.25, 0.3) is 6.08 Å². The molecule has 0 unspecified atom stereocenters. The largest absolute Gasteiger partial charge is 0.383 e. The van der Waals surface area contributed by atoms with E-state index in [2.05, 4.69) is 0 Å². The van der Waals surface area contributed by atoms with Gasteiger partial charge in [-0.2, -0.15) is 0 Å². The van der Waals surface area contributed by atoms with E-state index in [-0.39, 0.29) is 5.91 Å². The maximum absolute atomic E-state index is 12.6. The van der Waals surface area contributed by atoms with Crippen LogP contribution in [0.3, 0.4) is 0 Å². The zero-order valence-electron chi connectivity index (χ0n) is 12.3. The molecule has 0 N–H and O–H groups in total. The van der Waals surface area contributed by atoms with Gasteiger partial charge >= 0.3 is 0 Å². The van der Waals surface area contributed by atoms with E-state index in [0.717, 1.165) is 5.56 Å². The molecule has 0 aliphatic heterocycles. The average Bonchev–Trinajstić information content (AvgIpc) is 3.09. The number of carbonyl (C=O) groups is 2. The fraction of sp³-hybridized carbons (Fsp3) is 0.176. The van der Waals surface area contributed by atoms with Crippen LogP contribution in [0.15, 0.2) is 53.5 Å². The molecule has 1 aromatic heterocycles. The van der Waals surface area contributed by atoms with Crippen LogP contribution in [0.4, 0.5) is 0 Å². The number of benzene rings is 1. The minimum Gasteiger partial charge on any atom is -0.383 e. The van der Waals surface area contributed by atoms with Crippen LogP contribution < -0.4 is 0 Å². The summed E-state index contributed by atoms with van der Waals surface area (Å²) in [7, 11) is 1.56. The molecule has 114 valence electrons. The van der Waals surface area contributed by atoms with Crippen molar-refractivity contribution in [2.24, 2.45) is 0 Å². The van der Waals surface area contributed by atoms with Gasteiger partial charge in [-0.3, -0.25) is 9.59 Å². The summed E-state index contributed by atoms with van der Waals surface area (Å²) in [6.45, 7) is 0.682. The van der Waals surface area contributed by atoms with Gasteiger partial charge in [0.15, 0.2) is 6.29 Å². The maximum atomic E-state index is 12.6. The Bertz CT molecular complexity index is 635. The Kier molecular flexibility index (Phi) is 6.06. The fourth-order valence-electron chi connectivity index (χ4n) is 1.96. The van der Waals surface area contributed by atoms with Crippen molar-refractivity contribution in [2.45, 2.75) is 0 Å². The number of hydrogen-bond acceptors (Lipinski definition) is 4. The number of amides is 1. The number of aldehydes is 1. The molecule has 0 saturated heterocycles. The van der Waals surface area contributed by atoms with Gasteiger partial charge in [0.1, 0.15) is 0 Å². The van der Waals surface area contributed by atoms with Crippen molar-refractivity contribution >= 4 is 29.6 Å². The lowest BCUT2D eigenvalue weighted by Gasteiger charge is -2.21. The first-order valence-electron chi connectivity index (χ1n) is 6.82. The standard InChI is InChI=1S/C17H17NO3S/c1-21-10-9-18(17(20)16-8-5-11-22-16)15(13-19)12-14-6-3-2-4-7-14/h2-8,11-13H,9-10H2,1H3. The molecule has 0 fully saturated rings. The van der Waals surface area contributed by atoms with Crippen LogP contribution in [0.2, 0.25) is 0 Å². The van der Waals surface area contributed by atoms with Crippen LogP contribution in [0.5, 0.6) is 0 Å². The summed E-state index contributed by atoms with van der Waals surface area (Å²) in [4.78, 5) is 26.1. The molecule has 0 radical (unpaired) electrons. The van der Waals surface area contributed by atoms with E-state index in [1.165, 1.54) is 16.2 Å². The molecule has 1 amide bonds. The second-order valence-electron chi connectivity index (χ2n) is 4.52. The Morgan fingerprint density at radius 1 is 1.23 bits per heavy atom. The highest BCUT2D eigenvalue weighted by Crippen LogP contribution is 2.17.